The molecule has 20 heavy (non-hydrogen) atoms. The summed E-state index contributed by atoms with van der Waals surface area (Å²) in [5.41, 5.74) is 1.14. The molecule has 5 nitrogen and oxygen atoms in total. The first-order chi connectivity index (χ1) is 9.79. The van der Waals surface area contributed by atoms with Crippen LogP contribution in [-0.4, -0.2) is 43.6 Å². The summed E-state index contributed by atoms with van der Waals surface area (Å²) >= 11 is 0. The molecule has 1 heterocycles. The minimum Gasteiger partial charge on any atom is -0.371 e. The van der Waals surface area contributed by atoms with E-state index in [-0.39, 0.29) is 12.0 Å². The molecule has 1 N–H and O–H groups in total. The van der Waals surface area contributed by atoms with Crippen LogP contribution in [0.1, 0.15) is 18.1 Å². The van der Waals surface area contributed by atoms with Crippen molar-refractivity contribution in [1.29, 1.82) is 5.26 Å². The fourth-order valence-electron chi connectivity index (χ4n) is 2.23. The van der Waals surface area contributed by atoms with E-state index in [1.807, 2.05) is 36.4 Å². The number of nitrogens with one attached hydrogen (secondary N) is 1. The molecular weight excluding hydrogens is 254 g/mol. The third-order valence-corrected chi connectivity index (χ3v) is 3.25. The molecule has 1 saturated heterocycles. The molecule has 0 saturated carbocycles. The van der Waals surface area contributed by atoms with Crippen LogP contribution in [0.15, 0.2) is 30.3 Å². The number of carbonyl (C=O) groups is 1. The minimum absolute atomic E-state index is 0.0249. The molecular formula is C15H19N3O2. The zero-order valence-electron chi connectivity index (χ0n) is 11.4. The van der Waals surface area contributed by atoms with Gasteiger partial charge in [-0.2, -0.15) is 5.26 Å². The van der Waals surface area contributed by atoms with Crippen molar-refractivity contribution in [2.45, 2.75) is 12.5 Å². The molecule has 1 aromatic rings. The van der Waals surface area contributed by atoms with Crippen LogP contribution >= 0.6 is 0 Å². The highest BCUT2D eigenvalue weighted by atomic mass is 16.5. The van der Waals surface area contributed by atoms with E-state index in [1.165, 1.54) is 0 Å². The van der Waals surface area contributed by atoms with Crippen molar-refractivity contribution in [3.05, 3.63) is 35.9 Å². The van der Waals surface area contributed by atoms with Crippen molar-refractivity contribution in [1.82, 2.24) is 10.2 Å². The largest absolute Gasteiger partial charge is 0.371 e. The Balaban J connectivity index is 1.82. The van der Waals surface area contributed by atoms with E-state index < -0.39 is 0 Å². The van der Waals surface area contributed by atoms with Gasteiger partial charge in [-0.3, -0.25) is 9.69 Å². The topological polar surface area (TPSA) is 65.4 Å². The lowest BCUT2D eigenvalue weighted by Gasteiger charge is -2.32. The lowest BCUT2D eigenvalue weighted by molar-refractivity contribution is -0.124. The van der Waals surface area contributed by atoms with E-state index in [2.05, 4.69) is 10.2 Å². The van der Waals surface area contributed by atoms with Gasteiger partial charge in [0.05, 0.1) is 31.7 Å². The number of benzene rings is 1. The fourth-order valence-corrected chi connectivity index (χ4v) is 2.23. The van der Waals surface area contributed by atoms with E-state index in [4.69, 9.17) is 10.00 Å². The maximum atomic E-state index is 11.7. The van der Waals surface area contributed by atoms with Gasteiger partial charge in [-0.15, -0.1) is 0 Å². The molecule has 5 heteroatoms. The van der Waals surface area contributed by atoms with Gasteiger partial charge in [0.2, 0.25) is 5.91 Å². The number of ether oxygens (including phenoxy) is 1. The monoisotopic (exact) mass is 273 g/mol. The molecule has 0 bridgehead atoms. The number of rotatable bonds is 5. The second-order valence-corrected chi connectivity index (χ2v) is 4.76. The van der Waals surface area contributed by atoms with Crippen molar-refractivity contribution in [3.8, 4) is 6.07 Å². The molecule has 1 amide bonds. The number of hydrogen-bond donors (Lipinski definition) is 1. The first kappa shape index (κ1) is 14.5. The van der Waals surface area contributed by atoms with E-state index >= 15 is 0 Å². The van der Waals surface area contributed by atoms with Crippen LogP contribution in [0.25, 0.3) is 0 Å². The van der Waals surface area contributed by atoms with Crippen LogP contribution < -0.4 is 5.32 Å². The third-order valence-electron chi connectivity index (χ3n) is 3.25. The Morgan fingerprint density at radius 1 is 1.45 bits per heavy atom. The van der Waals surface area contributed by atoms with Crippen LogP contribution in [0.5, 0.6) is 0 Å². The Kier molecular flexibility index (Phi) is 5.54. The highest BCUT2D eigenvalue weighted by molar-refractivity contribution is 5.78. The summed E-state index contributed by atoms with van der Waals surface area (Å²) in [5.74, 6) is -0.0334. The summed E-state index contributed by atoms with van der Waals surface area (Å²) in [7, 11) is 0. The second-order valence-electron chi connectivity index (χ2n) is 4.76. The number of nitrogens with zero attached hydrogens (tertiary/aromatic N) is 2. The van der Waals surface area contributed by atoms with E-state index in [9.17, 15) is 4.79 Å². The van der Waals surface area contributed by atoms with Gasteiger partial charge in [-0.25, -0.2) is 0 Å². The lowest BCUT2D eigenvalue weighted by Crippen LogP contribution is -2.44. The molecule has 106 valence electrons. The Morgan fingerprint density at radius 3 is 3.00 bits per heavy atom. The number of carbonyl (C=O) groups excluding carboxylic acids is 1. The average molecular weight is 273 g/mol. The van der Waals surface area contributed by atoms with Crippen LogP contribution in [-0.2, 0) is 9.53 Å². The molecule has 0 aromatic heterocycles. The smallest absolute Gasteiger partial charge is 0.234 e. The van der Waals surface area contributed by atoms with Gasteiger partial charge >= 0.3 is 0 Å². The maximum Gasteiger partial charge on any atom is 0.234 e. The van der Waals surface area contributed by atoms with Gasteiger partial charge in [0.15, 0.2) is 0 Å². The molecule has 0 unspecified atom stereocenters. The van der Waals surface area contributed by atoms with E-state index in [1.54, 1.807) is 0 Å². The molecule has 2 rings (SSSR count). The summed E-state index contributed by atoms with van der Waals surface area (Å²) < 4.78 is 5.76. The van der Waals surface area contributed by atoms with Crippen molar-refractivity contribution in [2.24, 2.45) is 0 Å². The SMILES string of the molecule is N#CCCNC(=O)CN1CCO[C@@H](c2ccccc2)C1. The number of hydrogen-bond acceptors (Lipinski definition) is 4. The molecule has 0 aliphatic carbocycles. The van der Waals surface area contributed by atoms with Crippen molar-refractivity contribution >= 4 is 5.91 Å². The summed E-state index contributed by atoms with van der Waals surface area (Å²) in [6.45, 7) is 2.88. The first-order valence-corrected chi connectivity index (χ1v) is 6.82. The lowest BCUT2D eigenvalue weighted by atomic mass is 10.1. The molecule has 1 fully saturated rings. The van der Waals surface area contributed by atoms with Gasteiger partial charge < -0.3 is 10.1 Å². The molecule has 1 aromatic carbocycles. The zero-order chi connectivity index (χ0) is 14.2. The van der Waals surface area contributed by atoms with Gasteiger partial charge in [0, 0.05) is 19.6 Å². The van der Waals surface area contributed by atoms with Crippen molar-refractivity contribution < 1.29 is 9.53 Å². The Morgan fingerprint density at radius 2 is 2.25 bits per heavy atom. The number of nitriles is 1. The minimum atomic E-state index is -0.0334. The van der Waals surface area contributed by atoms with Crippen LogP contribution in [0.3, 0.4) is 0 Å². The van der Waals surface area contributed by atoms with Gasteiger partial charge in [-0.05, 0) is 5.56 Å². The number of amides is 1. The van der Waals surface area contributed by atoms with Gasteiger partial charge in [0.25, 0.3) is 0 Å². The van der Waals surface area contributed by atoms with Crippen molar-refractivity contribution in [3.63, 3.8) is 0 Å². The molecule has 1 aliphatic heterocycles. The van der Waals surface area contributed by atoms with Crippen LogP contribution in [0.2, 0.25) is 0 Å². The Labute approximate surface area is 119 Å². The van der Waals surface area contributed by atoms with Gasteiger partial charge in [0.1, 0.15) is 0 Å². The summed E-state index contributed by atoms with van der Waals surface area (Å²) in [4.78, 5) is 13.8. The normalized spacial score (nSPS) is 19.2. The number of morpholine rings is 1. The molecule has 0 spiro atoms. The summed E-state index contributed by atoms with van der Waals surface area (Å²) in [5, 5.41) is 11.2. The standard InChI is InChI=1S/C15H19N3O2/c16-7-4-8-17-15(19)12-18-9-10-20-14(11-18)13-5-2-1-3-6-13/h1-3,5-6,14H,4,8-12H2,(H,17,19)/t14-/m1/s1. The van der Waals surface area contributed by atoms with Crippen LogP contribution in [0.4, 0.5) is 0 Å². The highest BCUT2D eigenvalue weighted by Gasteiger charge is 2.23. The van der Waals surface area contributed by atoms with Gasteiger partial charge in [-0.1, -0.05) is 30.3 Å². The predicted octanol–water partition coefficient (Wildman–Crippen LogP) is 1.09. The molecule has 0 radical (unpaired) electrons. The summed E-state index contributed by atoms with van der Waals surface area (Å²) in [6.07, 6.45) is 0.374. The van der Waals surface area contributed by atoms with Crippen LogP contribution in [0, 0.1) is 11.3 Å². The van der Waals surface area contributed by atoms with Crippen molar-refractivity contribution in [2.75, 3.05) is 32.8 Å². The fraction of sp³-hybridized carbons (Fsp3) is 0.467. The highest BCUT2D eigenvalue weighted by Crippen LogP contribution is 2.21. The quantitative estimate of drug-likeness (QED) is 0.816. The summed E-state index contributed by atoms with van der Waals surface area (Å²) in [6, 6.07) is 12.1. The Bertz CT molecular complexity index is 470. The second kappa shape index (κ2) is 7.63. The molecule has 1 atom stereocenters. The van der Waals surface area contributed by atoms with E-state index in [0.29, 0.717) is 26.1 Å². The van der Waals surface area contributed by atoms with E-state index in [0.717, 1.165) is 18.7 Å². The predicted molar refractivity (Wildman–Crippen MR) is 74.8 cm³/mol. The third kappa shape index (κ3) is 4.34. The molecule has 1 aliphatic rings. The Hall–Kier alpha value is -1.90. The maximum absolute atomic E-state index is 11.7. The average Bonchev–Trinajstić information content (AvgIpc) is 2.49. The zero-order valence-corrected chi connectivity index (χ0v) is 11.4. The first-order valence-electron chi connectivity index (χ1n) is 6.82.